The molecule has 0 amide bonds. The van der Waals surface area contributed by atoms with Gasteiger partial charge < -0.3 is 4.52 Å². The monoisotopic (exact) mass is 214 g/mol. The van der Waals surface area contributed by atoms with Gasteiger partial charge in [0.15, 0.2) is 9.84 Å². The molecule has 6 heteroatoms. The van der Waals surface area contributed by atoms with Crippen LogP contribution in [0.5, 0.6) is 0 Å². The molecule has 76 valence electrons. The van der Waals surface area contributed by atoms with Gasteiger partial charge in [0.05, 0.1) is 17.5 Å². The normalized spacial score (nSPS) is 11.2. The minimum atomic E-state index is -3.36. The fourth-order valence-corrected chi connectivity index (χ4v) is 2.23. The number of nitrogens with zero attached hydrogens (tertiary/aromatic N) is 2. The summed E-state index contributed by atoms with van der Waals surface area (Å²) in [5.74, 6) is -0.164. The number of aryl methyl sites for hydroxylation is 2. The quantitative estimate of drug-likeness (QED) is 0.740. The smallest absolute Gasteiger partial charge is 0.167 e. The van der Waals surface area contributed by atoms with Crippen LogP contribution in [0.3, 0.4) is 0 Å². The van der Waals surface area contributed by atoms with Crippen LogP contribution in [-0.2, 0) is 15.6 Å². The van der Waals surface area contributed by atoms with Gasteiger partial charge in [0.25, 0.3) is 0 Å². The zero-order chi connectivity index (χ0) is 10.8. The van der Waals surface area contributed by atoms with Crippen molar-refractivity contribution in [3.63, 3.8) is 0 Å². The number of hydrogen-bond donors (Lipinski definition) is 0. The maximum Gasteiger partial charge on any atom is 0.167 e. The van der Waals surface area contributed by atoms with Crippen molar-refractivity contribution >= 4 is 9.84 Å². The van der Waals surface area contributed by atoms with Crippen molar-refractivity contribution in [3.05, 3.63) is 17.0 Å². The van der Waals surface area contributed by atoms with Crippen LogP contribution in [0, 0.1) is 25.2 Å². The van der Waals surface area contributed by atoms with Crippen molar-refractivity contribution < 1.29 is 12.9 Å². The number of nitriles is 1. The topological polar surface area (TPSA) is 84.0 Å². The molecule has 0 atom stereocenters. The van der Waals surface area contributed by atoms with E-state index in [4.69, 9.17) is 9.78 Å². The Bertz CT molecular complexity index is 448. The summed E-state index contributed by atoms with van der Waals surface area (Å²) in [5.41, 5.74) is 1.12. The molecule has 0 spiro atoms. The molecule has 1 aromatic rings. The van der Waals surface area contributed by atoms with E-state index in [1.54, 1.807) is 19.9 Å². The average molecular weight is 214 g/mol. The predicted molar refractivity (Wildman–Crippen MR) is 49.1 cm³/mol. The molecule has 0 saturated carbocycles. The van der Waals surface area contributed by atoms with E-state index < -0.39 is 15.6 Å². The third kappa shape index (κ3) is 2.33. The van der Waals surface area contributed by atoms with E-state index >= 15 is 0 Å². The SMILES string of the molecule is Cc1noc(C)c1CS(=O)(=O)CC#N. The molecule has 1 heterocycles. The largest absolute Gasteiger partial charge is 0.361 e. The third-order valence-corrected chi connectivity index (χ3v) is 3.13. The summed E-state index contributed by atoms with van der Waals surface area (Å²) >= 11 is 0. The van der Waals surface area contributed by atoms with Crippen LogP contribution in [0.25, 0.3) is 0 Å². The van der Waals surface area contributed by atoms with E-state index in [-0.39, 0.29) is 5.75 Å². The molecule has 0 unspecified atom stereocenters. The first-order chi connectivity index (χ1) is 6.46. The molecule has 0 aliphatic rings. The molecule has 0 bridgehead atoms. The molecular formula is C8H10N2O3S. The molecule has 1 aromatic heterocycles. The van der Waals surface area contributed by atoms with E-state index in [1.807, 2.05) is 0 Å². The fourth-order valence-electron chi connectivity index (χ4n) is 1.08. The van der Waals surface area contributed by atoms with Gasteiger partial charge in [-0.2, -0.15) is 5.26 Å². The highest BCUT2D eigenvalue weighted by Gasteiger charge is 2.17. The minimum absolute atomic E-state index is 0.179. The van der Waals surface area contributed by atoms with Crippen LogP contribution >= 0.6 is 0 Å². The van der Waals surface area contributed by atoms with Crippen molar-refractivity contribution in [1.29, 1.82) is 5.26 Å². The van der Waals surface area contributed by atoms with Crippen LogP contribution in [0.1, 0.15) is 17.0 Å². The van der Waals surface area contributed by atoms with Gasteiger partial charge in [-0.05, 0) is 13.8 Å². The number of rotatable bonds is 3. The Morgan fingerprint density at radius 1 is 1.50 bits per heavy atom. The Balaban J connectivity index is 2.96. The van der Waals surface area contributed by atoms with Gasteiger partial charge in [0.2, 0.25) is 0 Å². The van der Waals surface area contributed by atoms with Crippen LogP contribution in [-0.4, -0.2) is 19.3 Å². The van der Waals surface area contributed by atoms with Crippen LogP contribution in [0.4, 0.5) is 0 Å². The summed E-state index contributed by atoms with van der Waals surface area (Å²) in [4.78, 5) is 0. The van der Waals surface area contributed by atoms with Crippen molar-refractivity contribution in [3.8, 4) is 6.07 Å². The van der Waals surface area contributed by atoms with Crippen LogP contribution < -0.4 is 0 Å². The van der Waals surface area contributed by atoms with Crippen LogP contribution in [0.15, 0.2) is 4.52 Å². The maximum absolute atomic E-state index is 11.3. The molecule has 0 N–H and O–H groups in total. The minimum Gasteiger partial charge on any atom is -0.361 e. The lowest BCUT2D eigenvalue weighted by atomic mass is 10.2. The summed E-state index contributed by atoms with van der Waals surface area (Å²) in [7, 11) is -3.36. The molecule has 1 rings (SSSR count). The second-order valence-electron chi connectivity index (χ2n) is 2.99. The highest BCUT2D eigenvalue weighted by molar-refractivity contribution is 7.90. The highest BCUT2D eigenvalue weighted by Crippen LogP contribution is 2.15. The van der Waals surface area contributed by atoms with E-state index in [1.165, 1.54) is 0 Å². The van der Waals surface area contributed by atoms with Crippen molar-refractivity contribution in [2.24, 2.45) is 0 Å². The fraction of sp³-hybridized carbons (Fsp3) is 0.500. The summed E-state index contributed by atoms with van der Waals surface area (Å²) in [5, 5.41) is 11.9. The van der Waals surface area contributed by atoms with Crippen LogP contribution in [0.2, 0.25) is 0 Å². The van der Waals surface area contributed by atoms with Gasteiger partial charge in [-0.3, -0.25) is 0 Å². The molecule has 0 saturated heterocycles. The lowest BCUT2D eigenvalue weighted by Crippen LogP contribution is -2.08. The van der Waals surface area contributed by atoms with E-state index in [0.717, 1.165) is 0 Å². The average Bonchev–Trinajstić information content (AvgIpc) is 2.35. The molecule has 14 heavy (non-hydrogen) atoms. The lowest BCUT2D eigenvalue weighted by molar-refractivity contribution is 0.392. The first kappa shape index (κ1) is 10.7. The van der Waals surface area contributed by atoms with Gasteiger partial charge in [-0.15, -0.1) is 0 Å². The first-order valence-corrected chi connectivity index (χ1v) is 5.77. The van der Waals surface area contributed by atoms with Gasteiger partial charge in [0, 0.05) is 5.56 Å². The summed E-state index contributed by atoms with van der Waals surface area (Å²) < 4.78 is 27.4. The molecule has 0 aliphatic heterocycles. The summed E-state index contributed by atoms with van der Waals surface area (Å²) in [6, 6.07) is 1.62. The van der Waals surface area contributed by atoms with Gasteiger partial charge in [-0.25, -0.2) is 8.42 Å². The predicted octanol–water partition coefficient (Wildman–Crippen LogP) is 0.730. The van der Waals surface area contributed by atoms with Gasteiger partial charge in [-0.1, -0.05) is 5.16 Å². The zero-order valence-corrected chi connectivity index (χ0v) is 8.76. The Morgan fingerprint density at radius 2 is 2.14 bits per heavy atom. The molecule has 5 nitrogen and oxygen atoms in total. The number of aromatic nitrogens is 1. The zero-order valence-electron chi connectivity index (χ0n) is 7.94. The Hall–Kier alpha value is -1.35. The van der Waals surface area contributed by atoms with Crippen molar-refractivity contribution in [1.82, 2.24) is 5.16 Å². The van der Waals surface area contributed by atoms with Gasteiger partial charge >= 0.3 is 0 Å². The highest BCUT2D eigenvalue weighted by atomic mass is 32.2. The number of hydrogen-bond acceptors (Lipinski definition) is 5. The van der Waals surface area contributed by atoms with E-state index in [9.17, 15) is 8.42 Å². The third-order valence-electron chi connectivity index (χ3n) is 1.83. The molecule has 0 radical (unpaired) electrons. The molecule has 0 fully saturated rings. The summed E-state index contributed by atoms with van der Waals surface area (Å²) in [6.07, 6.45) is 0. The van der Waals surface area contributed by atoms with Gasteiger partial charge in [0.1, 0.15) is 11.5 Å². The number of sulfone groups is 1. The van der Waals surface area contributed by atoms with E-state index in [2.05, 4.69) is 5.16 Å². The maximum atomic E-state index is 11.3. The first-order valence-electron chi connectivity index (χ1n) is 3.95. The van der Waals surface area contributed by atoms with E-state index in [0.29, 0.717) is 17.0 Å². The molecule has 0 aromatic carbocycles. The second-order valence-corrected chi connectivity index (χ2v) is 5.06. The molecular weight excluding hydrogens is 204 g/mol. The summed E-state index contributed by atoms with van der Waals surface area (Å²) in [6.45, 7) is 3.32. The Kier molecular flexibility index (Phi) is 2.91. The lowest BCUT2D eigenvalue weighted by Gasteiger charge is -1.98. The van der Waals surface area contributed by atoms with Crippen molar-refractivity contribution in [2.75, 3.05) is 5.75 Å². The Labute approximate surface area is 82.2 Å². The Morgan fingerprint density at radius 3 is 2.57 bits per heavy atom. The second kappa shape index (κ2) is 3.80. The standard InChI is InChI=1S/C8H10N2O3S/c1-6-8(7(2)13-10-6)5-14(11,12)4-3-9/h4-5H2,1-2H3. The molecule has 0 aliphatic carbocycles. The van der Waals surface area contributed by atoms with Crippen molar-refractivity contribution in [2.45, 2.75) is 19.6 Å².